The summed E-state index contributed by atoms with van der Waals surface area (Å²) in [5, 5.41) is 6.86. The van der Waals surface area contributed by atoms with Crippen LogP contribution in [0, 0.1) is 3.57 Å². The molecule has 2 heterocycles. The van der Waals surface area contributed by atoms with Crippen molar-refractivity contribution in [1.29, 1.82) is 0 Å². The molecule has 0 spiro atoms. The quantitative estimate of drug-likeness (QED) is 0.699. The smallest absolute Gasteiger partial charge is 0.109 e. The molecule has 0 fully saturated rings. The molecule has 0 aliphatic rings. The third-order valence-electron chi connectivity index (χ3n) is 2.42. The summed E-state index contributed by atoms with van der Waals surface area (Å²) in [6.45, 7) is 0. The maximum Gasteiger partial charge on any atom is 0.109 e. The molecule has 2 aromatic heterocycles. The van der Waals surface area contributed by atoms with Crippen molar-refractivity contribution in [3.05, 3.63) is 46.2 Å². The number of aromatic nitrogens is 3. The third-order valence-corrected chi connectivity index (χ3v) is 3.09. The normalized spacial score (nSPS) is 10.8. The molecule has 0 atom stereocenters. The summed E-state index contributed by atoms with van der Waals surface area (Å²) in [4.78, 5) is 4.55. The number of fused-ring (bicyclic) bond motifs is 1. The molecule has 0 bridgehead atoms. The van der Waals surface area contributed by atoms with Crippen molar-refractivity contribution in [3.63, 3.8) is 0 Å². The highest BCUT2D eigenvalue weighted by Crippen LogP contribution is 2.21. The van der Waals surface area contributed by atoms with Crippen LogP contribution >= 0.6 is 22.6 Å². The highest BCUT2D eigenvalue weighted by Gasteiger charge is 2.02. The van der Waals surface area contributed by atoms with E-state index < -0.39 is 0 Å². The number of H-pyrrole nitrogens is 1. The summed E-state index contributed by atoms with van der Waals surface area (Å²) in [6.07, 6.45) is 1.74. The number of hydrogen-bond acceptors (Lipinski definition) is 2. The monoisotopic (exact) mass is 321 g/mol. The zero-order chi connectivity index (χ0) is 11.0. The Morgan fingerprint density at radius 3 is 2.94 bits per heavy atom. The van der Waals surface area contributed by atoms with Gasteiger partial charge >= 0.3 is 0 Å². The summed E-state index contributed by atoms with van der Waals surface area (Å²) >= 11 is 2.30. The molecule has 78 valence electrons. The van der Waals surface area contributed by atoms with Crippen LogP contribution in [0.1, 0.15) is 0 Å². The van der Waals surface area contributed by atoms with Gasteiger partial charge < -0.3 is 0 Å². The van der Waals surface area contributed by atoms with Crippen LogP contribution in [0.4, 0.5) is 0 Å². The van der Waals surface area contributed by atoms with E-state index in [2.05, 4.69) is 56.0 Å². The molecule has 1 N–H and O–H groups in total. The van der Waals surface area contributed by atoms with Gasteiger partial charge in [0.1, 0.15) is 5.52 Å². The van der Waals surface area contributed by atoms with Crippen LogP contribution in [-0.2, 0) is 0 Å². The third kappa shape index (κ3) is 1.69. The van der Waals surface area contributed by atoms with Crippen LogP contribution < -0.4 is 0 Å². The van der Waals surface area contributed by atoms with E-state index in [1.165, 1.54) is 3.57 Å². The molecule has 0 saturated carbocycles. The van der Waals surface area contributed by atoms with E-state index >= 15 is 0 Å². The van der Waals surface area contributed by atoms with E-state index in [4.69, 9.17) is 0 Å². The Morgan fingerprint density at radius 2 is 2.06 bits per heavy atom. The van der Waals surface area contributed by atoms with Gasteiger partial charge in [0.05, 0.1) is 17.4 Å². The second-order valence-corrected chi connectivity index (χ2v) is 4.76. The van der Waals surface area contributed by atoms with E-state index in [0.717, 1.165) is 22.3 Å². The fraction of sp³-hybridized carbons (Fsp3) is 0. The van der Waals surface area contributed by atoms with Crippen LogP contribution in [-0.4, -0.2) is 15.2 Å². The van der Waals surface area contributed by atoms with Gasteiger partial charge in [-0.1, -0.05) is 12.1 Å². The van der Waals surface area contributed by atoms with Gasteiger partial charge in [-0.05, 0) is 46.9 Å². The first-order valence-corrected chi connectivity index (χ1v) is 5.97. The lowest BCUT2D eigenvalue weighted by Gasteiger charge is -2.01. The Hall–Kier alpha value is -1.43. The summed E-state index contributed by atoms with van der Waals surface area (Å²) in [6, 6.07) is 12.3. The second kappa shape index (κ2) is 3.86. The lowest BCUT2D eigenvalue weighted by Crippen LogP contribution is -1.84. The molecule has 4 heteroatoms. The number of nitrogens with zero attached hydrogens (tertiary/aromatic N) is 2. The number of aromatic amines is 1. The predicted octanol–water partition coefficient (Wildman–Crippen LogP) is 3.23. The minimum atomic E-state index is 0.899. The average Bonchev–Trinajstić information content (AvgIpc) is 2.75. The van der Waals surface area contributed by atoms with Crippen LogP contribution in [0.5, 0.6) is 0 Å². The molecule has 1 aromatic carbocycles. The lowest BCUT2D eigenvalue weighted by atomic mass is 10.1. The summed E-state index contributed by atoms with van der Waals surface area (Å²) in [5.74, 6) is 0. The molecule has 3 rings (SSSR count). The van der Waals surface area contributed by atoms with Gasteiger partial charge in [0, 0.05) is 9.13 Å². The Morgan fingerprint density at radius 1 is 1.12 bits per heavy atom. The molecular weight excluding hydrogens is 313 g/mol. The molecule has 3 aromatic rings. The molecule has 0 aliphatic heterocycles. The van der Waals surface area contributed by atoms with E-state index in [1.54, 1.807) is 6.20 Å². The minimum Gasteiger partial charge on any atom is -0.276 e. The first-order valence-electron chi connectivity index (χ1n) is 4.89. The van der Waals surface area contributed by atoms with Crippen LogP contribution in [0.25, 0.3) is 22.3 Å². The fourth-order valence-corrected chi connectivity index (χ4v) is 2.18. The van der Waals surface area contributed by atoms with Crippen molar-refractivity contribution in [2.75, 3.05) is 0 Å². The summed E-state index contributed by atoms with van der Waals surface area (Å²) in [5.41, 5.74) is 3.98. The van der Waals surface area contributed by atoms with Crippen molar-refractivity contribution >= 4 is 33.6 Å². The average molecular weight is 321 g/mol. The van der Waals surface area contributed by atoms with E-state index in [9.17, 15) is 0 Å². The van der Waals surface area contributed by atoms with Crippen LogP contribution in [0.3, 0.4) is 0 Å². The largest absolute Gasteiger partial charge is 0.276 e. The van der Waals surface area contributed by atoms with Gasteiger partial charge in [0.2, 0.25) is 0 Å². The highest BCUT2D eigenvalue weighted by atomic mass is 127. The molecule has 0 aliphatic carbocycles. The Balaban J connectivity index is 2.18. The molecule has 3 nitrogen and oxygen atoms in total. The number of benzene rings is 1. The Bertz CT molecular complexity index is 645. The van der Waals surface area contributed by atoms with Gasteiger partial charge in [-0.2, -0.15) is 5.10 Å². The Kier molecular flexibility index (Phi) is 2.36. The first-order chi connectivity index (χ1) is 7.83. The maximum atomic E-state index is 4.55. The Labute approximate surface area is 106 Å². The van der Waals surface area contributed by atoms with E-state index in [1.807, 2.05) is 18.2 Å². The van der Waals surface area contributed by atoms with E-state index in [-0.39, 0.29) is 0 Å². The van der Waals surface area contributed by atoms with E-state index in [0.29, 0.717) is 0 Å². The van der Waals surface area contributed by atoms with Crippen molar-refractivity contribution in [3.8, 4) is 11.3 Å². The number of nitrogens with one attached hydrogen (secondary N) is 1. The molecule has 16 heavy (non-hydrogen) atoms. The maximum absolute atomic E-state index is 4.55. The van der Waals surface area contributed by atoms with Crippen molar-refractivity contribution in [2.24, 2.45) is 0 Å². The van der Waals surface area contributed by atoms with Gasteiger partial charge in [-0.15, -0.1) is 0 Å². The number of halogens is 1. The first kappa shape index (κ1) is 9.77. The van der Waals surface area contributed by atoms with Gasteiger partial charge in [0.15, 0.2) is 0 Å². The summed E-state index contributed by atoms with van der Waals surface area (Å²) in [7, 11) is 0. The van der Waals surface area contributed by atoms with Crippen molar-refractivity contribution < 1.29 is 0 Å². The molecular formula is C12H8IN3. The highest BCUT2D eigenvalue weighted by molar-refractivity contribution is 14.1. The minimum absolute atomic E-state index is 0.899. The van der Waals surface area contributed by atoms with Gasteiger partial charge in [0.25, 0.3) is 0 Å². The second-order valence-electron chi connectivity index (χ2n) is 3.51. The molecule has 0 unspecified atom stereocenters. The topological polar surface area (TPSA) is 41.6 Å². The van der Waals surface area contributed by atoms with Crippen LogP contribution in [0.15, 0.2) is 42.6 Å². The SMILES string of the molecule is Ic1cccc(-c2ccc3[nH]ncc3n2)c1. The van der Waals surface area contributed by atoms with Gasteiger partial charge in [-0.25, -0.2) is 4.98 Å². The zero-order valence-corrected chi connectivity index (χ0v) is 10.5. The van der Waals surface area contributed by atoms with Gasteiger partial charge in [-0.3, -0.25) is 5.10 Å². The van der Waals surface area contributed by atoms with Crippen molar-refractivity contribution in [1.82, 2.24) is 15.2 Å². The molecule has 0 saturated heterocycles. The predicted molar refractivity (Wildman–Crippen MR) is 72.0 cm³/mol. The number of hydrogen-bond donors (Lipinski definition) is 1. The molecule has 0 amide bonds. The number of pyridine rings is 1. The zero-order valence-electron chi connectivity index (χ0n) is 8.31. The van der Waals surface area contributed by atoms with Crippen LogP contribution in [0.2, 0.25) is 0 Å². The number of rotatable bonds is 1. The lowest BCUT2D eigenvalue weighted by molar-refractivity contribution is 1.12. The van der Waals surface area contributed by atoms with Crippen molar-refractivity contribution in [2.45, 2.75) is 0 Å². The summed E-state index contributed by atoms with van der Waals surface area (Å²) < 4.78 is 1.21. The molecule has 0 radical (unpaired) electrons. The standard InChI is InChI=1S/C12H8IN3/c13-9-3-1-2-8(6-9)10-4-5-11-12(15-10)7-14-16-11/h1-7H,(H,14,16). The fourth-order valence-electron chi connectivity index (χ4n) is 1.64.